The fourth-order valence-electron chi connectivity index (χ4n) is 2.92. The van der Waals surface area contributed by atoms with Gasteiger partial charge in [-0.2, -0.15) is 0 Å². The maximum atomic E-state index is 14.1. The monoisotopic (exact) mass is 506 g/mol. The largest absolute Gasteiger partial charge is 0.457 e. The Kier molecular flexibility index (Phi) is 6.97. The number of carbonyl (C=O) groups excluding carboxylic acids is 1. The van der Waals surface area contributed by atoms with Gasteiger partial charge in [-0.3, -0.25) is 9.10 Å². The first-order valence-electron chi connectivity index (χ1n) is 9.23. The van der Waals surface area contributed by atoms with Crippen molar-refractivity contribution >= 4 is 43.2 Å². The Bertz CT molecular complexity index is 1170. The molecule has 0 fully saturated rings. The van der Waals surface area contributed by atoms with E-state index < -0.39 is 27.8 Å². The number of amides is 1. The molecule has 0 bridgehead atoms. The van der Waals surface area contributed by atoms with E-state index in [1.807, 2.05) is 18.2 Å². The van der Waals surface area contributed by atoms with Crippen LogP contribution in [-0.4, -0.2) is 26.6 Å². The first kappa shape index (κ1) is 22.8. The molecule has 0 saturated heterocycles. The molecule has 162 valence electrons. The molecule has 1 unspecified atom stereocenters. The molecule has 0 aliphatic heterocycles. The summed E-state index contributed by atoms with van der Waals surface area (Å²) in [5.74, 6) is -0.156. The molecule has 1 amide bonds. The van der Waals surface area contributed by atoms with E-state index in [1.165, 1.54) is 19.1 Å². The zero-order valence-electron chi connectivity index (χ0n) is 16.7. The molecule has 3 rings (SSSR count). The number of hydrogen-bond donors (Lipinski definition) is 1. The molecule has 0 heterocycles. The van der Waals surface area contributed by atoms with E-state index in [4.69, 9.17) is 4.74 Å². The second-order valence-electron chi connectivity index (χ2n) is 6.76. The van der Waals surface area contributed by atoms with Crippen LogP contribution in [0.5, 0.6) is 11.5 Å². The predicted molar refractivity (Wildman–Crippen MR) is 122 cm³/mol. The standard InChI is InChI=1S/C22H20BrFN2O4S/c1-15(22(27)25-21-13-8-16(23)14-20(21)24)26(31(2,28)29)17-9-11-19(12-10-17)30-18-6-4-3-5-7-18/h3-15H,1-2H3,(H,25,27). The molecule has 1 N–H and O–H groups in total. The van der Waals surface area contributed by atoms with E-state index in [2.05, 4.69) is 21.2 Å². The molecule has 6 nitrogen and oxygen atoms in total. The van der Waals surface area contributed by atoms with Crippen molar-refractivity contribution in [2.75, 3.05) is 15.9 Å². The zero-order valence-corrected chi connectivity index (χ0v) is 19.2. The average Bonchev–Trinajstić information content (AvgIpc) is 2.71. The lowest BCUT2D eigenvalue weighted by Crippen LogP contribution is -2.45. The van der Waals surface area contributed by atoms with Crippen LogP contribution in [0.2, 0.25) is 0 Å². The van der Waals surface area contributed by atoms with Gasteiger partial charge in [-0.05, 0) is 61.5 Å². The Hall–Kier alpha value is -2.91. The molecule has 0 radical (unpaired) electrons. The highest BCUT2D eigenvalue weighted by atomic mass is 79.9. The molecule has 0 aliphatic rings. The van der Waals surface area contributed by atoms with Gasteiger partial charge in [-0.15, -0.1) is 0 Å². The van der Waals surface area contributed by atoms with Gasteiger partial charge in [0, 0.05) is 4.47 Å². The van der Waals surface area contributed by atoms with Gasteiger partial charge in [0.15, 0.2) is 0 Å². The molecule has 3 aromatic rings. The molecule has 0 spiro atoms. The summed E-state index contributed by atoms with van der Waals surface area (Å²) in [5, 5.41) is 2.44. The number of anilines is 2. The number of nitrogens with one attached hydrogen (secondary N) is 1. The van der Waals surface area contributed by atoms with Crippen LogP contribution in [-0.2, 0) is 14.8 Å². The fraction of sp³-hybridized carbons (Fsp3) is 0.136. The lowest BCUT2D eigenvalue weighted by molar-refractivity contribution is -0.116. The highest BCUT2D eigenvalue weighted by Gasteiger charge is 2.29. The molecule has 0 aromatic heterocycles. The van der Waals surface area contributed by atoms with Crippen molar-refractivity contribution in [3.8, 4) is 11.5 Å². The number of hydrogen-bond acceptors (Lipinski definition) is 4. The van der Waals surface area contributed by atoms with Crippen molar-refractivity contribution in [3.63, 3.8) is 0 Å². The Labute approximate surface area is 188 Å². The van der Waals surface area contributed by atoms with Crippen molar-refractivity contribution in [3.05, 3.63) is 83.1 Å². The first-order valence-corrected chi connectivity index (χ1v) is 11.9. The Morgan fingerprint density at radius 1 is 1.03 bits per heavy atom. The summed E-state index contributed by atoms with van der Waals surface area (Å²) in [6, 6.07) is 18.5. The number of rotatable bonds is 7. The molecule has 3 aromatic carbocycles. The zero-order chi connectivity index (χ0) is 22.6. The van der Waals surface area contributed by atoms with Crippen LogP contribution < -0.4 is 14.4 Å². The Balaban J connectivity index is 1.81. The van der Waals surface area contributed by atoms with Crippen LogP contribution in [0.3, 0.4) is 0 Å². The van der Waals surface area contributed by atoms with Crippen molar-refractivity contribution in [1.82, 2.24) is 0 Å². The quantitative estimate of drug-likeness (QED) is 0.479. The summed E-state index contributed by atoms with van der Waals surface area (Å²) in [7, 11) is -3.81. The number of carbonyl (C=O) groups is 1. The third-order valence-corrected chi connectivity index (χ3v) is 6.08. The summed E-state index contributed by atoms with van der Waals surface area (Å²) in [4.78, 5) is 12.7. The second-order valence-corrected chi connectivity index (χ2v) is 9.53. The number of para-hydroxylation sites is 1. The van der Waals surface area contributed by atoms with E-state index in [-0.39, 0.29) is 11.4 Å². The minimum atomic E-state index is -3.81. The van der Waals surface area contributed by atoms with Crippen LogP contribution >= 0.6 is 15.9 Å². The summed E-state index contributed by atoms with van der Waals surface area (Å²) in [5.41, 5.74) is 0.238. The van der Waals surface area contributed by atoms with Gasteiger partial charge in [-0.25, -0.2) is 12.8 Å². The van der Waals surface area contributed by atoms with Gasteiger partial charge >= 0.3 is 0 Å². The molecule has 0 aliphatic carbocycles. The van der Waals surface area contributed by atoms with Crippen molar-refractivity contribution in [2.24, 2.45) is 0 Å². The molecular formula is C22H20BrFN2O4S. The molecule has 1 atom stereocenters. The summed E-state index contributed by atoms with van der Waals surface area (Å²) in [6.07, 6.45) is 1.01. The number of sulfonamides is 1. The smallest absolute Gasteiger partial charge is 0.248 e. The normalized spacial score (nSPS) is 12.1. The minimum absolute atomic E-state index is 0.0416. The number of nitrogens with zero attached hydrogens (tertiary/aromatic N) is 1. The third kappa shape index (κ3) is 5.83. The van der Waals surface area contributed by atoms with E-state index in [1.54, 1.807) is 42.5 Å². The van der Waals surface area contributed by atoms with Crippen molar-refractivity contribution < 1.29 is 22.3 Å². The molecular weight excluding hydrogens is 487 g/mol. The maximum absolute atomic E-state index is 14.1. The van der Waals surface area contributed by atoms with E-state index in [9.17, 15) is 17.6 Å². The summed E-state index contributed by atoms with van der Waals surface area (Å²) >= 11 is 3.15. The number of halogens is 2. The highest BCUT2D eigenvalue weighted by molar-refractivity contribution is 9.10. The van der Waals surface area contributed by atoms with Gasteiger partial charge in [0.1, 0.15) is 23.4 Å². The van der Waals surface area contributed by atoms with Crippen LogP contribution in [0.4, 0.5) is 15.8 Å². The lowest BCUT2D eigenvalue weighted by Gasteiger charge is -2.28. The van der Waals surface area contributed by atoms with Gasteiger partial charge in [0.2, 0.25) is 15.9 Å². The Morgan fingerprint density at radius 3 is 2.23 bits per heavy atom. The van der Waals surface area contributed by atoms with Gasteiger partial charge in [-0.1, -0.05) is 34.1 Å². The van der Waals surface area contributed by atoms with Crippen molar-refractivity contribution in [2.45, 2.75) is 13.0 Å². The second kappa shape index (κ2) is 9.49. The summed E-state index contributed by atoms with van der Waals surface area (Å²) < 4.78 is 46.2. The number of ether oxygens (including phenoxy) is 1. The van der Waals surface area contributed by atoms with Crippen LogP contribution in [0.1, 0.15) is 6.92 Å². The number of benzene rings is 3. The average molecular weight is 507 g/mol. The Morgan fingerprint density at radius 2 is 1.65 bits per heavy atom. The van der Waals surface area contributed by atoms with Crippen LogP contribution in [0.15, 0.2) is 77.3 Å². The molecule has 0 saturated carbocycles. The van der Waals surface area contributed by atoms with Crippen LogP contribution in [0, 0.1) is 5.82 Å². The fourth-order valence-corrected chi connectivity index (χ4v) is 4.43. The first-order chi connectivity index (χ1) is 14.6. The predicted octanol–water partition coefficient (Wildman–Crippen LogP) is 5.17. The minimum Gasteiger partial charge on any atom is -0.457 e. The highest BCUT2D eigenvalue weighted by Crippen LogP contribution is 2.27. The van der Waals surface area contributed by atoms with Gasteiger partial charge in [0.25, 0.3) is 0 Å². The van der Waals surface area contributed by atoms with E-state index >= 15 is 0 Å². The van der Waals surface area contributed by atoms with E-state index in [0.29, 0.717) is 16.0 Å². The van der Waals surface area contributed by atoms with Gasteiger partial charge < -0.3 is 10.1 Å². The molecule has 31 heavy (non-hydrogen) atoms. The SMILES string of the molecule is CC(C(=O)Nc1ccc(Br)cc1F)N(c1ccc(Oc2ccccc2)cc1)S(C)(=O)=O. The topological polar surface area (TPSA) is 75.7 Å². The maximum Gasteiger partial charge on any atom is 0.248 e. The molecule has 9 heteroatoms. The van der Waals surface area contributed by atoms with Gasteiger partial charge in [0.05, 0.1) is 17.6 Å². The lowest BCUT2D eigenvalue weighted by atomic mass is 10.2. The van der Waals surface area contributed by atoms with Crippen molar-refractivity contribution in [1.29, 1.82) is 0 Å². The van der Waals surface area contributed by atoms with Crippen LogP contribution in [0.25, 0.3) is 0 Å². The third-order valence-electron chi connectivity index (χ3n) is 4.35. The van der Waals surface area contributed by atoms with E-state index in [0.717, 1.165) is 10.6 Å². The summed E-state index contributed by atoms with van der Waals surface area (Å²) in [6.45, 7) is 1.43.